The Balaban J connectivity index is 1.60. The number of benzene rings is 3. The lowest BCUT2D eigenvalue weighted by Crippen LogP contribution is -2.25. The molecule has 3 rings (SSSR count). The van der Waals surface area contributed by atoms with Crippen molar-refractivity contribution in [3.8, 4) is 0 Å². The van der Waals surface area contributed by atoms with Crippen molar-refractivity contribution in [1.82, 2.24) is 5.32 Å². The summed E-state index contributed by atoms with van der Waals surface area (Å²) < 4.78 is 54.2. The van der Waals surface area contributed by atoms with Gasteiger partial charge in [-0.2, -0.15) is 0 Å². The van der Waals surface area contributed by atoms with E-state index in [2.05, 4.69) is 10.0 Å². The highest BCUT2D eigenvalue weighted by molar-refractivity contribution is 7.92. The van der Waals surface area contributed by atoms with Crippen molar-refractivity contribution in [2.75, 3.05) is 11.3 Å². The van der Waals surface area contributed by atoms with Gasteiger partial charge in [-0.25, -0.2) is 17.2 Å². The van der Waals surface area contributed by atoms with Crippen LogP contribution in [0.3, 0.4) is 0 Å². The van der Waals surface area contributed by atoms with Crippen LogP contribution in [0.4, 0.5) is 14.5 Å². The molecule has 1 amide bonds. The van der Waals surface area contributed by atoms with E-state index in [-0.39, 0.29) is 34.4 Å². The molecule has 0 radical (unpaired) electrons. The lowest BCUT2D eigenvalue weighted by Gasteiger charge is -2.10. The van der Waals surface area contributed by atoms with E-state index in [1.54, 1.807) is 18.2 Å². The number of halogens is 2. The summed E-state index contributed by atoms with van der Waals surface area (Å²) in [6, 6.07) is 15.8. The second kappa shape index (κ2) is 9.04. The first kappa shape index (κ1) is 21.4. The maximum absolute atomic E-state index is 13.6. The van der Waals surface area contributed by atoms with Crippen LogP contribution < -0.4 is 10.0 Å². The van der Waals surface area contributed by atoms with Crippen LogP contribution in [0.15, 0.2) is 71.6 Å². The van der Waals surface area contributed by atoms with Crippen molar-refractivity contribution in [1.29, 1.82) is 0 Å². The third-order valence-electron chi connectivity index (χ3n) is 4.48. The monoisotopic (exact) mass is 430 g/mol. The molecule has 5 nitrogen and oxygen atoms in total. The molecule has 0 saturated carbocycles. The molecule has 0 saturated heterocycles. The van der Waals surface area contributed by atoms with E-state index in [1.165, 1.54) is 49.4 Å². The maximum Gasteiger partial charge on any atom is 0.261 e. The van der Waals surface area contributed by atoms with Gasteiger partial charge in [-0.15, -0.1) is 0 Å². The van der Waals surface area contributed by atoms with Gasteiger partial charge in [0.25, 0.3) is 15.9 Å². The van der Waals surface area contributed by atoms with Gasteiger partial charge in [-0.05, 0) is 73.0 Å². The van der Waals surface area contributed by atoms with Gasteiger partial charge in [-0.1, -0.05) is 18.2 Å². The summed E-state index contributed by atoms with van der Waals surface area (Å²) in [4.78, 5) is 12.2. The Morgan fingerprint density at radius 1 is 0.933 bits per heavy atom. The van der Waals surface area contributed by atoms with Crippen LogP contribution in [0.5, 0.6) is 0 Å². The van der Waals surface area contributed by atoms with Gasteiger partial charge in [0.1, 0.15) is 11.6 Å². The number of aryl methyl sites for hydroxylation is 1. The fraction of sp³-hybridized carbons (Fsp3) is 0.136. The summed E-state index contributed by atoms with van der Waals surface area (Å²) in [6.45, 7) is 1.74. The minimum Gasteiger partial charge on any atom is -0.352 e. The summed E-state index contributed by atoms with van der Waals surface area (Å²) in [6.07, 6.45) is 0.355. The van der Waals surface area contributed by atoms with E-state index >= 15 is 0 Å². The van der Waals surface area contributed by atoms with Gasteiger partial charge < -0.3 is 5.32 Å². The van der Waals surface area contributed by atoms with Crippen LogP contribution >= 0.6 is 0 Å². The number of carbonyl (C=O) groups is 1. The maximum atomic E-state index is 13.6. The number of carbonyl (C=O) groups excluding carboxylic acids is 1. The topological polar surface area (TPSA) is 75.3 Å². The Bertz CT molecular complexity index is 1160. The largest absolute Gasteiger partial charge is 0.352 e. The number of rotatable bonds is 7. The highest BCUT2D eigenvalue weighted by Gasteiger charge is 2.16. The number of anilines is 1. The van der Waals surface area contributed by atoms with Crippen LogP contribution in [-0.4, -0.2) is 20.9 Å². The number of hydrogen-bond donors (Lipinski definition) is 2. The van der Waals surface area contributed by atoms with E-state index in [0.29, 0.717) is 17.5 Å². The number of hydrogen-bond acceptors (Lipinski definition) is 3. The van der Waals surface area contributed by atoms with Gasteiger partial charge in [0.15, 0.2) is 0 Å². The molecule has 0 spiro atoms. The van der Waals surface area contributed by atoms with Crippen molar-refractivity contribution >= 4 is 21.6 Å². The van der Waals surface area contributed by atoms with E-state index in [1.807, 2.05) is 0 Å². The zero-order chi connectivity index (χ0) is 21.7. The molecular formula is C22H20F2N2O3S. The minimum atomic E-state index is -3.89. The Labute approximate surface area is 173 Å². The Hall–Kier alpha value is -3.26. The molecule has 0 aromatic heterocycles. The first-order valence-electron chi connectivity index (χ1n) is 9.17. The van der Waals surface area contributed by atoms with Crippen LogP contribution in [0.2, 0.25) is 0 Å². The molecule has 0 aliphatic rings. The third-order valence-corrected chi connectivity index (χ3v) is 5.86. The SMILES string of the molecule is Cc1cc(S(=O)(=O)Nc2ccc(C(=O)NCCc3ccccc3F)cc2)ccc1F. The van der Waals surface area contributed by atoms with Gasteiger partial charge in [0, 0.05) is 17.8 Å². The molecule has 0 bridgehead atoms. The molecule has 0 atom stereocenters. The lowest BCUT2D eigenvalue weighted by molar-refractivity contribution is 0.0954. The van der Waals surface area contributed by atoms with Crippen LogP contribution in [-0.2, 0) is 16.4 Å². The number of nitrogens with one attached hydrogen (secondary N) is 2. The molecule has 0 aliphatic heterocycles. The Morgan fingerprint density at radius 2 is 1.63 bits per heavy atom. The summed E-state index contributed by atoms with van der Waals surface area (Å²) in [5.41, 5.74) is 1.34. The van der Waals surface area contributed by atoms with Crippen LogP contribution in [0.1, 0.15) is 21.5 Å². The minimum absolute atomic E-state index is 0.0589. The first-order chi connectivity index (χ1) is 14.3. The molecule has 0 aliphatic carbocycles. The molecule has 3 aromatic rings. The quantitative estimate of drug-likeness (QED) is 0.594. The van der Waals surface area contributed by atoms with Crippen molar-refractivity contribution < 1.29 is 22.0 Å². The number of sulfonamides is 1. The Morgan fingerprint density at radius 3 is 2.30 bits per heavy atom. The zero-order valence-electron chi connectivity index (χ0n) is 16.2. The average molecular weight is 430 g/mol. The van der Waals surface area contributed by atoms with E-state index in [4.69, 9.17) is 0 Å². The van der Waals surface area contributed by atoms with Crippen LogP contribution in [0.25, 0.3) is 0 Å². The summed E-state index contributed by atoms with van der Waals surface area (Å²) in [7, 11) is -3.89. The second-order valence-electron chi connectivity index (χ2n) is 6.69. The number of amides is 1. The van der Waals surface area contributed by atoms with Gasteiger partial charge in [-0.3, -0.25) is 9.52 Å². The zero-order valence-corrected chi connectivity index (χ0v) is 17.0. The summed E-state index contributed by atoms with van der Waals surface area (Å²) >= 11 is 0. The smallest absolute Gasteiger partial charge is 0.261 e. The van der Waals surface area contributed by atoms with Crippen molar-refractivity contribution in [2.24, 2.45) is 0 Å². The first-order valence-corrected chi connectivity index (χ1v) is 10.7. The molecule has 8 heteroatoms. The third kappa shape index (κ3) is 5.21. The average Bonchev–Trinajstić information content (AvgIpc) is 2.71. The molecule has 30 heavy (non-hydrogen) atoms. The van der Waals surface area contributed by atoms with Crippen molar-refractivity contribution in [2.45, 2.75) is 18.2 Å². The van der Waals surface area contributed by atoms with Gasteiger partial charge in [0.2, 0.25) is 0 Å². The molecule has 156 valence electrons. The standard InChI is InChI=1S/C22H20F2N2O3S/c1-15-14-19(10-11-20(15)23)30(28,29)26-18-8-6-17(7-9-18)22(27)25-13-12-16-4-2-3-5-21(16)24/h2-11,14,26H,12-13H2,1H3,(H,25,27). The van der Waals surface area contributed by atoms with Crippen molar-refractivity contribution in [3.05, 3.63) is 95.1 Å². The van der Waals surface area contributed by atoms with Gasteiger partial charge >= 0.3 is 0 Å². The highest BCUT2D eigenvalue weighted by atomic mass is 32.2. The molecule has 3 aromatic carbocycles. The Kier molecular flexibility index (Phi) is 6.47. The van der Waals surface area contributed by atoms with Crippen LogP contribution in [0, 0.1) is 18.6 Å². The molecule has 0 heterocycles. The summed E-state index contributed by atoms with van der Waals surface area (Å²) in [5, 5.41) is 2.70. The fourth-order valence-electron chi connectivity index (χ4n) is 2.80. The molecule has 0 fully saturated rings. The van der Waals surface area contributed by atoms with E-state index < -0.39 is 15.8 Å². The second-order valence-corrected chi connectivity index (χ2v) is 8.37. The molecular weight excluding hydrogens is 410 g/mol. The normalized spacial score (nSPS) is 11.2. The predicted molar refractivity (Wildman–Crippen MR) is 111 cm³/mol. The van der Waals surface area contributed by atoms with E-state index in [9.17, 15) is 22.0 Å². The molecule has 2 N–H and O–H groups in total. The lowest BCUT2D eigenvalue weighted by atomic mass is 10.1. The van der Waals surface area contributed by atoms with Crippen molar-refractivity contribution in [3.63, 3.8) is 0 Å². The fourth-order valence-corrected chi connectivity index (χ4v) is 3.95. The van der Waals surface area contributed by atoms with Gasteiger partial charge in [0.05, 0.1) is 4.90 Å². The molecule has 0 unspecified atom stereocenters. The summed E-state index contributed by atoms with van der Waals surface area (Å²) in [5.74, 6) is -1.16. The predicted octanol–water partition coefficient (Wildman–Crippen LogP) is 4.05. The highest BCUT2D eigenvalue weighted by Crippen LogP contribution is 2.19. The van der Waals surface area contributed by atoms with E-state index in [0.717, 1.165) is 6.07 Å².